The van der Waals surface area contributed by atoms with E-state index in [2.05, 4.69) is 13.0 Å². The molecule has 2 N–H and O–H groups in total. The number of ketones is 3. The average Bonchev–Trinajstić information content (AvgIpc) is 3.33. The van der Waals surface area contributed by atoms with Crippen molar-refractivity contribution in [2.75, 3.05) is 42.0 Å². The van der Waals surface area contributed by atoms with E-state index in [-0.39, 0.29) is 66.8 Å². The Kier molecular flexibility index (Phi) is 23.2. The van der Waals surface area contributed by atoms with Crippen LogP contribution in [-0.2, 0) is 52.4 Å². The number of hydrogen-bond donors (Lipinski definition) is 2. The summed E-state index contributed by atoms with van der Waals surface area (Å²) in [6, 6.07) is -1.15. The van der Waals surface area contributed by atoms with E-state index >= 15 is 0 Å². The molecule has 16 nitrogen and oxygen atoms in total. The molecule has 398 valence electrons. The lowest BCUT2D eigenvalue weighted by Gasteiger charge is -2.42. The minimum absolute atomic E-state index is 0.0629. The second kappa shape index (κ2) is 27.5. The fraction of sp³-hybridized carbons (Fsp3) is 0.815. The maximum atomic E-state index is 14.5. The van der Waals surface area contributed by atoms with Crippen LogP contribution in [0.5, 0.6) is 0 Å². The zero-order chi connectivity index (χ0) is 52.0. The van der Waals surface area contributed by atoms with Crippen molar-refractivity contribution in [1.29, 1.82) is 0 Å². The van der Waals surface area contributed by atoms with Crippen LogP contribution in [0.3, 0.4) is 0 Å². The van der Waals surface area contributed by atoms with Gasteiger partial charge < -0.3 is 48.4 Å². The summed E-state index contributed by atoms with van der Waals surface area (Å²) in [5.74, 6) is -7.73. The number of rotatable bonds is 7. The molecule has 2 bridgehead atoms. The van der Waals surface area contributed by atoms with E-state index in [0.29, 0.717) is 69.8 Å². The Hall–Kier alpha value is -3.54. The molecule has 16 heteroatoms. The summed E-state index contributed by atoms with van der Waals surface area (Å²) in [5.41, 5.74) is 1.39. The van der Waals surface area contributed by atoms with Crippen molar-refractivity contribution in [3.63, 3.8) is 0 Å². The Bertz CT molecular complexity index is 1830. The van der Waals surface area contributed by atoms with Crippen LogP contribution >= 0.6 is 0 Å². The number of cyclic esters (lactones) is 1. The van der Waals surface area contributed by atoms with E-state index in [4.69, 9.17) is 28.4 Å². The molecule has 0 aromatic heterocycles. The first-order valence-electron chi connectivity index (χ1n) is 26.1. The van der Waals surface area contributed by atoms with Gasteiger partial charge in [0.2, 0.25) is 5.79 Å². The number of allylic oxidation sites excluding steroid dienone is 2. The Labute approximate surface area is 417 Å². The van der Waals surface area contributed by atoms with Gasteiger partial charge in [0.25, 0.3) is 11.7 Å². The van der Waals surface area contributed by atoms with Crippen molar-refractivity contribution in [3.05, 3.63) is 23.3 Å². The number of piperidine rings is 1. The van der Waals surface area contributed by atoms with Gasteiger partial charge in [-0.1, -0.05) is 59.6 Å². The highest BCUT2D eigenvalue weighted by Gasteiger charge is 2.53. The lowest BCUT2D eigenvalue weighted by Crippen LogP contribution is -2.61. The number of Topliss-reactive ketones (excluding diaryl/α,β-unsaturated/α-hetero) is 3. The number of fused-ring (bicyclic) bond motifs is 3. The average molecular weight is 989 g/mol. The van der Waals surface area contributed by atoms with Crippen molar-refractivity contribution in [1.82, 2.24) is 9.80 Å². The highest BCUT2D eigenvalue weighted by Crippen LogP contribution is 2.38. The van der Waals surface area contributed by atoms with Crippen molar-refractivity contribution in [3.8, 4) is 0 Å². The molecule has 4 aliphatic rings. The van der Waals surface area contributed by atoms with Gasteiger partial charge in [-0.25, -0.2) is 9.59 Å². The van der Waals surface area contributed by atoms with Crippen molar-refractivity contribution in [2.45, 2.75) is 206 Å². The van der Waals surface area contributed by atoms with E-state index in [1.165, 1.54) is 16.9 Å². The molecule has 1 aliphatic carbocycles. The summed E-state index contributed by atoms with van der Waals surface area (Å²) in [6.07, 6.45) is 7.16. The summed E-state index contributed by atoms with van der Waals surface area (Å²) in [4.78, 5) is 86.2. The third-order valence-electron chi connectivity index (χ3n) is 15.7. The van der Waals surface area contributed by atoms with Crippen LogP contribution in [0.1, 0.15) is 151 Å². The number of ether oxygens (including phenoxy) is 6. The standard InChI is InChI=1S/C54H88N2O14/c1-32-18-14-13-15-19-33(2)44(65-10)30-40-23-21-38(7)54(64,70-40)50(60)51(61)56-25-17-16-20-41(56)52(62)68-45(35(4)28-39-22-24-43(46(29-39)66-11)69-53(63)55(8)9)31-42(57)34(3)27-37(6)48(59)49(67-12)47(58)36(5)26-32/h19,27,32,34-36,38-41,43-46,48-49,59,64H,13-18,20-26,28-31H2,1-12H3/b33-19+,37-27+/t32-,34-,35-,36-,38-,39+,40+,41+,43-,44?,45+,46-,48-,49?,54-/m1/s1. The van der Waals surface area contributed by atoms with Gasteiger partial charge in [-0.05, 0) is 120 Å². The fourth-order valence-corrected chi connectivity index (χ4v) is 11.0. The lowest BCUT2D eigenvalue weighted by molar-refractivity contribution is -0.265. The van der Waals surface area contributed by atoms with Crippen LogP contribution < -0.4 is 0 Å². The number of hydrogen-bond acceptors (Lipinski definition) is 14. The summed E-state index contributed by atoms with van der Waals surface area (Å²) >= 11 is 0. The van der Waals surface area contributed by atoms with Crippen molar-refractivity contribution < 1.29 is 67.4 Å². The molecular weight excluding hydrogens is 901 g/mol. The molecule has 70 heavy (non-hydrogen) atoms. The monoisotopic (exact) mass is 989 g/mol. The summed E-state index contributed by atoms with van der Waals surface area (Å²) < 4.78 is 35.5. The first-order valence-corrected chi connectivity index (χ1v) is 26.1. The number of aliphatic hydroxyl groups excluding tert-OH is 1. The zero-order valence-corrected chi connectivity index (χ0v) is 44.4. The van der Waals surface area contributed by atoms with Crippen LogP contribution in [-0.4, -0.2) is 152 Å². The second-order valence-electron chi connectivity index (χ2n) is 21.5. The van der Waals surface area contributed by atoms with E-state index in [1.807, 2.05) is 20.8 Å². The number of methoxy groups -OCH3 is 3. The van der Waals surface area contributed by atoms with Gasteiger partial charge in [-0.3, -0.25) is 19.2 Å². The quantitative estimate of drug-likeness (QED) is 0.146. The largest absolute Gasteiger partial charge is 0.460 e. The van der Waals surface area contributed by atoms with Gasteiger partial charge >= 0.3 is 12.1 Å². The second-order valence-corrected chi connectivity index (χ2v) is 21.5. The van der Waals surface area contributed by atoms with Crippen LogP contribution in [0.4, 0.5) is 4.79 Å². The molecule has 0 radical (unpaired) electrons. The third-order valence-corrected chi connectivity index (χ3v) is 15.7. The maximum Gasteiger partial charge on any atom is 0.409 e. The van der Waals surface area contributed by atoms with Crippen LogP contribution in [0.15, 0.2) is 23.3 Å². The lowest BCUT2D eigenvalue weighted by atomic mass is 9.78. The number of amides is 2. The van der Waals surface area contributed by atoms with Crippen LogP contribution in [0, 0.1) is 35.5 Å². The number of carbonyl (C=O) groups is 6. The molecule has 2 unspecified atom stereocenters. The summed E-state index contributed by atoms with van der Waals surface area (Å²) in [5, 5.41) is 23.5. The normalized spacial score (nSPS) is 37.8. The molecule has 2 amide bonds. The minimum atomic E-state index is -2.42. The number of aliphatic hydroxyl groups is 2. The van der Waals surface area contributed by atoms with Crippen molar-refractivity contribution in [2.24, 2.45) is 35.5 Å². The Morgan fingerprint density at radius 2 is 1.56 bits per heavy atom. The predicted octanol–water partition coefficient (Wildman–Crippen LogP) is 7.33. The number of nitrogens with zero attached hydrogens (tertiary/aromatic N) is 2. The van der Waals surface area contributed by atoms with Gasteiger partial charge in [0.05, 0.1) is 18.3 Å². The fourth-order valence-electron chi connectivity index (χ4n) is 11.0. The molecule has 2 saturated heterocycles. The third kappa shape index (κ3) is 15.7. The Balaban J connectivity index is 1.67. The molecule has 3 fully saturated rings. The molecule has 0 spiro atoms. The molecule has 3 aliphatic heterocycles. The van der Waals surface area contributed by atoms with Gasteiger partial charge in [-0.2, -0.15) is 0 Å². The molecule has 3 heterocycles. The SMILES string of the molecule is COC1C[C@@H]2CC[C@@H](C)[C@@](O)(O2)C(=O)C(=O)N2CCCC[C@H]2C(=O)O[C@H]([C@H](C)C[C@@H]2CC[C@@H](OC(=O)N(C)C)[C@H](OC)C2)CC(=O)[C@H](C)/C=C(\C)[C@@H](O)C(OC)C(=O)[C@H](C)C[C@H](C)CCCC/C=C/1C. The highest BCUT2D eigenvalue weighted by molar-refractivity contribution is 6.39. The molecular formula is C54H88N2O14. The van der Waals surface area contributed by atoms with Gasteiger partial charge in [0.15, 0.2) is 5.78 Å². The molecule has 15 atom stereocenters. The first-order chi connectivity index (χ1) is 33.1. The molecule has 0 aromatic rings. The number of esters is 1. The summed E-state index contributed by atoms with van der Waals surface area (Å²) in [7, 11) is 7.82. The summed E-state index contributed by atoms with van der Waals surface area (Å²) in [6.45, 7) is 13.0. The van der Waals surface area contributed by atoms with Crippen LogP contribution in [0.25, 0.3) is 0 Å². The maximum absolute atomic E-state index is 14.5. The van der Waals surface area contributed by atoms with Gasteiger partial charge in [-0.15, -0.1) is 0 Å². The first kappa shape index (κ1) is 59.0. The van der Waals surface area contributed by atoms with Gasteiger partial charge in [0.1, 0.15) is 36.2 Å². The van der Waals surface area contributed by atoms with E-state index in [0.717, 1.165) is 31.3 Å². The van der Waals surface area contributed by atoms with Crippen molar-refractivity contribution >= 4 is 35.3 Å². The Morgan fingerprint density at radius 3 is 2.21 bits per heavy atom. The minimum Gasteiger partial charge on any atom is -0.460 e. The molecule has 4 rings (SSSR count). The van der Waals surface area contributed by atoms with E-state index < -0.39 is 77.9 Å². The number of carbonyl (C=O) groups excluding carboxylic acids is 6. The van der Waals surface area contributed by atoms with Gasteiger partial charge in [0, 0.05) is 72.6 Å². The topological polar surface area (TPSA) is 205 Å². The highest BCUT2D eigenvalue weighted by atomic mass is 16.6. The molecule has 0 aromatic carbocycles. The Morgan fingerprint density at radius 1 is 0.857 bits per heavy atom. The van der Waals surface area contributed by atoms with E-state index in [1.54, 1.807) is 55.2 Å². The molecule has 1 saturated carbocycles. The zero-order valence-electron chi connectivity index (χ0n) is 44.4. The van der Waals surface area contributed by atoms with Crippen LogP contribution in [0.2, 0.25) is 0 Å². The van der Waals surface area contributed by atoms with E-state index in [9.17, 15) is 39.0 Å². The smallest absolute Gasteiger partial charge is 0.409 e. The predicted molar refractivity (Wildman–Crippen MR) is 263 cm³/mol.